The number of benzene rings is 2. The fourth-order valence-corrected chi connectivity index (χ4v) is 4.24. The number of halogens is 1. The zero-order valence-electron chi connectivity index (χ0n) is 15.5. The number of fused-ring (bicyclic) bond motifs is 2. The second-order valence-corrected chi connectivity index (χ2v) is 7.65. The molecule has 1 amide bonds. The molecule has 150 valence electrons. The van der Waals surface area contributed by atoms with E-state index in [0.717, 1.165) is 10.2 Å². The Bertz CT molecular complexity index is 1150. The third kappa shape index (κ3) is 4.13. The van der Waals surface area contributed by atoms with Crippen molar-refractivity contribution in [2.75, 3.05) is 13.2 Å². The lowest BCUT2D eigenvalue weighted by Crippen LogP contribution is -2.37. The van der Waals surface area contributed by atoms with Crippen molar-refractivity contribution >= 4 is 45.0 Å². The number of hydrogen-bond acceptors (Lipinski definition) is 6. The van der Waals surface area contributed by atoms with Crippen molar-refractivity contribution < 1.29 is 23.8 Å². The van der Waals surface area contributed by atoms with Crippen molar-refractivity contribution in [1.82, 2.24) is 4.57 Å². The van der Waals surface area contributed by atoms with E-state index in [2.05, 4.69) is 4.99 Å². The van der Waals surface area contributed by atoms with Crippen LogP contribution in [0, 0.1) is 0 Å². The average Bonchev–Trinajstić information content (AvgIpc) is 3.03. The predicted molar refractivity (Wildman–Crippen MR) is 108 cm³/mol. The topological polar surface area (TPSA) is 79.1 Å². The van der Waals surface area contributed by atoms with Crippen LogP contribution < -0.4 is 14.3 Å². The van der Waals surface area contributed by atoms with E-state index in [9.17, 15) is 9.59 Å². The fourth-order valence-electron chi connectivity index (χ4n) is 2.93. The minimum absolute atomic E-state index is 0.0631. The van der Waals surface area contributed by atoms with E-state index < -0.39 is 18.0 Å². The summed E-state index contributed by atoms with van der Waals surface area (Å²) in [7, 11) is 0. The molecule has 2 aromatic carbocycles. The summed E-state index contributed by atoms with van der Waals surface area (Å²) in [5.74, 6) is 0.178. The number of para-hydroxylation sites is 2. The van der Waals surface area contributed by atoms with E-state index in [1.165, 1.54) is 11.3 Å². The van der Waals surface area contributed by atoms with E-state index in [1.54, 1.807) is 47.9 Å². The van der Waals surface area contributed by atoms with Crippen LogP contribution in [0.15, 0.2) is 47.5 Å². The van der Waals surface area contributed by atoms with E-state index in [-0.39, 0.29) is 19.8 Å². The van der Waals surface area contributed by atoms with Crippen LogP contribution in [0.5, 0.6) is 11.5 Å². The highest BCUT2D eigenvalue weighted by molar-refractivity contribution is 7.16. The smallest absolute Gasteiger partial charge is 0.326 e. The molecule has 1 aliphatic rings. The summed E-state index contributed by atoms with van der Waals surface area (Å²) in [6.45, 7) is 2.01. The third-order valence-corrected chi connectivity index (χ3v) is 5.50. The van der Waals surface area contributed by atoms with E-state index >= 15 is 0 Å². The first-order valence-corrected chi connectivity index (χ1v) is 10.2. The van der Waals surface area contributed by atoms with Crippen molar-refractivity contribution in [3.8, 4) is 11.5 Å². The van der Waals surface area contributed by atoms with Gasteiger partial charge in [-0.1, -0.05) is 35.1 Å². The molecule has 0 fully saturated rings. The van der Waals surface area contributed by atoms with E-state index in [1.807, 2.05) is 6.07 Å². The Morgan fingerprint density at radius 1 is 1.28 bits per heavy atom. The Balaban J connectivity index is 1.69. The molecule has 4 rings (SSSR count). The molecule has 1 aliphatic heterocycles. The molecule has 29 heavy (non-hydrogen) atoms. The highest BCUT2D eigenvalue weighted by atomic mass is 35.5. The number of ether oxygens (including phenoxy) is 3. The maximum atomic E-state index is 12.8. The molecule has 0 aliphatic carbocycles. The highest BCUT2D eigenvalue weighted by Gasteiger charge is 2.27. The van der Waals surface area contributed by atoms with E-state index in [4.69, 9.17) is 25.8 Å². The van der Waals surface area contributed by atoms with Crippen LogP contribution in [0.1, 0.15) is 6.92 Å². The van der Waals surface area contributed by atoms with Crippen molar-refractivity contribution in [2.45, 2.75) is 19.6 Å². The molecule has 0 N–H and O–H groups in total. The first-order valence-electron chi connectivity index (χ1n) is 8.96. The second kappa shape index (κ2) is 8.26. The number of esters is 1. The number of thiazole rings is 1. The number of carbonyl (C=O) groups is 2. The molecule has 0 radical (unpaired) electrons. The highest BCUT2D eigenvalue weighted by Crippen LogP contribution is 2.31. The first-order chi connectivity index (χ1) is 14.0. The van der Waals surface area contributed by atoms with Crippen molar-refractivity contribution in [3.05, 3.63) is 52.3 Å². The van der Waals surface area contributed by atoms with Gasteiger partial charge in [-0.25, -0.2) is 0 Å². The summed E-state index contributed by atoms with van der Waals surface area (Å²) in [5.41, 5.74) is 0.741. The molecule has 1 unspecified atom stereocenters. The zero-order valence-corrected chi connectivity index (χ0v) is 17.0. The number of carbonyl (C=O) groups excluding carboxylic acids is 2. The molecule has 1 atom stereocenters. The van der Waals surface area contributed by atoms with Crippen LogP contribution in [0.25, 0.3) is 10.2 Å². The number of nitrogens with zero attached hydrogens (tertiary/aromatic N) is 2. The van der Waals surface area contributed by atoms with Gasteiger partial charge < -0.3 is 18.8 Å². The second-order valence-electron chi connectivity index (χ2n) is 6.20. The molecular weight excluding hydrogens is 416 g/mol. The molecule has 1 aromatic heterocycles. The molecule has 0 saturated heterocycles. The van der Waals surface area contributed by atoms with Gasteiger partial charge in [-0.3, -0.25) is 9.59 Å². The van der Waals surface area contributed by atoms with Gasteiger partial charge in [0.2, 0.25) is 6.10 Å². The minimum Gasteiger partial charge on any atom is -0.485 e. The van der Waals surface area contributed by atoms with Gasteiger partial charge in [0.25, 0.3) is 5.91 Å². The Morgan fingerprint density at radius 3 is 2.86 bits per heavy atom. The van der Waals surface area contributed by atoms with Gasteiger partial charge in [-0.2, -0.15) is 4.99 Å². The van der Waals surface area contributed by atoms with Gasteiger partial charge in [0.05, 0.1) is 16.8 Å². The van der Waals surface area contributed by atoms with Crippen LogP contribution in [-0.4, -0.2) is 35.8 Å². The maximum absolute atomic E-state index is 12.8. The monoisotopic (exact) mass is 432 g/mol. The Hall–Kier alpha value is -2.84. The predicted octanol–water partition coefficient (Wildman–Crippen LogP) is 3.19. The van der Waals surface area contributed by atoms with Crippen LogP contribution in [0.3, 0.4) is 0 Å². The summed E-state index contributed by atoms with van der Waals surface area (Å²) in [6, 6.07) is 12.4. The van der Waals surface area contributed by atoms with Crippen molar-refractivity contribution in [1.29, 1.82) is 0 Å². The molecule has 0 saturated carbocycles. The van der Waals surface area contributed by atoms with Crippen molar-refractivity contribution in [3.63, 3.8) is 0 Å². The molecule has 0 bridgehead atoms. The lowest BCUT2D eigenvalue weighted by Gasteiger charge is -2.23. The van der Waals surface area contributed by atoms with Gasteiger partial charge in [0.1, 0.15) is 13.2 Å². The Kier molecular flexibility index (Phi) is 5.55. The Morgan fingerprint density at radius 2 is 2.07 bits per heavy atom. The van der Waals surface area contributed by atoms with Gasteiger partial charge in [-0.05, 0) is 37.3 Å². The summed E-state index contributed by atoms with van der Waals surface area (Å²) in [5, 5.41) is 0.556. The summed E-state index contributed by atoms with van der Waals surface area (Å²) >= 11 is 7.35. The van der Waals surface area contributed by atoms with Gasteiger partial charge in [0.15, 0.2) is 16.3 Å². The van der Waals surface area contributed by atoms with Crippen LogP contribution >= 0.6 is 22.9 Å². The minimum atomic E-state index is -0.866. The average molecular weight is 433 g/mol. The molecular formula is C20H17ClN2O5S. The maximum Gasteiger partial charge on any atom is 0.326 e. The summed E-state index contributed by atoms with van der Waals surface area (Å²) in [6.07, 6.45) is -0.866. The normalized spacial score (nSPS) is 16.1. The van der Waals surface area contributed by atoms with Crippen LogP contribution in [-0.2, 0) is 20.9 Å². The molecule has 7 nitrogen and oxygen atoms in total. The molecule has 2 heterocycles. The standard InChI is InChI=1S/C20H17ClN2O5S/c1-2-26-18(24)10-23-13-8-7-12(21)9-17(13)29-20(23)22-19(25)16-11-27-14-5-3-4-6-15(14)28-16/h3-9,16H,2,10-11H2,1H3. The van der Waals surface area contributed by atoms with Crippen molar-refractivity contribution in [2.24, 2.45) is 4.99 Å². The fraction of sp³-hybridized carbons (Fsp3) is 0.250. The van der Waals surface area contributed by atoms with Gasteiger partial charge in [-0.15, -0.1) is 0 Å². The SMILES string of the molecule is CCOC(=O)Cn1c(=NC(=O)C2COc3ccccc3O2)sc2cc(Cl)ccc21. The number of aromatic nitrogens is 1. The molecule has 3 aromatic rings. The summed E-state index contributed by atoms with van der Waals surface area (Å²) < 4.78 is 18.8. The molecule has 9 heteroatoms. The Labute approximate surface area is 175 Å². The number of rotatable bonds is 4. The quantitative estimate of drug-likeness (QED) is 0.591. The van der Waals surface area contributed by atoms with Gasteiger partial charge in [0, 0.05) is 5.02 Å². The van der Waals surface area contributed by atoms with Gasteiger partial charge >= 0.3 is 5.97 Å². The molecule has 0 spiro atoms. The van der Waals surface area contributed by atoms with Crippen LogP contribution in [0.2, 0.25) is 5.02 Å². The lowest BCUT2D eigenvalue weighted by molar-refractivity contribution is -0.143. The largest absolute Gasteiger partial charge is 0.485 e. The number of hydrogen-bond donors (Lipinski definition) is 0. The van der Waals surface area contributed by atoms with Crippen LogP contribution in [0.4, 0.5) is 0 Å². The number of amides is 1. The zero-order chi connectivity index (χ0) is 20.4. The first kappa shape index (κ1) is 19.5. The third-order valence-electron chi connectivity index (χ3n) is 4.23. The van der Waals surface area contributed by atoms with E-state index in [0.29, 0.717) is 21.3 Å². The summed E-state index contributed by atoms with van der Waals surface area (Å²) in [4.78, 5) is 29.4. The lowest BCUT2D eigenvalue weighted by atomic mass is 10.2.